The predicted octanol–water partition coefficient (Wildman–Crippen LogP) is 2.60. The number of anilines is 1. The maximum Gasteiger partial charge on any atom is 0.258 e. The Kier molecular flexibility index (Phi) is 5.03. The lowest BCUT2D eigenvalue weighted by Crippen LogP contribution is -2.39. The van der Waals surface area contributed by atoms with E-state index >= 15 is 0 Å². The Labute approximate surface area is 147 Å². The molecule has 0 radical (unpaired) electrons. The first-order chi connectivity index (χ1) is 12.0. The highest BCUT2D eigenvalue weighted by Crippen LogP contribution is 2.22. The number of carbonyl (C=O) groups excluding carboxylic acids is 2. The highest BCUT2D eigenvalue weighted by atomic mass is 16.5. The van der Waals surface area contributed by atoms with Crippen LogP contribution in [-0.2, 0) is 9.59 Å². The fourth-order valence-corrected chi connectivity index (χ4v) is 2.83. The number of nitrogens with one attached hydrogen (secondary N) is 1. The minimum absolute atomic E-state index is 0.0219. The van der Waals surface area contributed by atoms with Crippen molar-refractivity contribution in [3.63, 3.8) is 0 Å². The number of aryl methyl sites for hydroxylation is 2. The number of carbonyl (C=O) groups is 2. The molecular weight excluding hydrogens is 316 g/mol. The Hall–Kier alpha value is -2.82. The predicted molar refractivity (Wildman–Crippen MR) is 96.8 cm³/mol. The standard InChI is InChI=1S/C20H22N2O3/c1-14-3-7-17(8-4-14)22-12-16(11-20(22)24)21-19(23)13-25-18-9-5-15(2)6-10-18/h3-10,16H,11-13H2,1-2H3,(H,21,23). The quantitative estimate of drug-likeness (QED) is 0.912. The van der Waals surface area contributed by atoms with Crippen molar-refractivity contribution in [1.29, 1.82) is 0 Å². The molecule has 5 nitrogen and oxygen atoms in total. The van der Waals surface area contributed by atoms with Crippen molar-refractivity contribution < 1.29 is 14.3 Å². The molecule has 0 aliphatic carbocycles. The Morgan fingerprint density at radius 2 is 1.68 bits per heavy atom. The number of hydrogen-bond acceptors (Lipinski definition) is 3. The molecule has 25 heavy (non-hydrogen) atoms. The van der Waals surface area contributed by atoms with Crippen molar-refractivity contribution in [3.05, 3.63) is 59.7 Å². The maximum absolute atomic E-state index is 12.2. The van der Waals surface area contributed by atoms with E-state index in [1.165, 1.54) is 0 Å². The van der Waals surface area contributed by atoms with Crippen molar-refractivity contribution in [2.24, 2.45) is 0 Å². The molecule has 3 rings (SSSR count). The number of hydrogen-bond donors (Lipinski definition) is 1. The number of ether oxygens (including phenoxy) is 1. The molecule has 1 heterocycles. The summed E-state index contributed by atoms with van der Waals surface area (Å²) in [6, 6.07) is 15.2. The molecule has 1 unspecified atom stereocenters. The van der Waals surface area contributed by atoms with Gasteiger partial charge in [0.25, 0.3) is 5.91 Å². The van der Waals surface area contributed by atoms with Gasteiger partial charge in [0.15, 0.2) is 6.61 Å². The molecule has 0 saturated carbocycles. The van der Waals surface area contributed by atoms with Gasteiger partial charge in [0, 0.05) is 18.7 Å². The summed E-state index contributed by atoms with van der Waals surface area (Å²) in [7, 11) is 0. The topological polar surface area (TPSA) is 58.6 Å². The third kappa shape index (κ3) is 4.38. The molecule has 1 saturated heterocycles. The maximum atomic E-state index is 12.2. The van der Waals surface area contributed by atoms with Crippen LogP contribution in [0.15, 0.2) is 48.5 Å². The second kappa shape index (κ2) is 7.38. The molecule has 0 aromatic heterocycles. The fourth-order valence-electron chi connectivity index (χ4n) is 2.83. The van der Waals surface area contributed by atoms with Crippen LogP contribution in [0.4, 0.5) is 5.69 Å². The number of benzene rings is 2. The van der Waals surface area contributed by atoms with Gasteiger partial charge in [-0.05, 0) is 38.1 Å². The van der Waals surface area contributed by atoms with Gasteiger partial charge in [-0.2, -0.15) is 0 Å². The van der Waals surface area contributed by atoms with Crippen LogP contribution < -0.4 is 15.0 Å². The van der Waals surface area contributed by atoms with Gasteiger partial charge in [-0.3, -0.25) is 9.59 Å². The third-order valence-electron chi connectivity index (χ3n) is 4.23. The summed E-state index contributed by atoms with van der Waals surface area (Å²) in [5.74, 6) is 0.460. The lowest BCUT2D eigenvalue weighted by Gasteiger charge is -2.17. The average Bonchev–Trinajstić information content (AvgIpc) is 2.95. The zero-order valence-electron chi connectivity index (χ0n) is 14.5. The number of nitrogens with zero attached hydrogens (tertiary/aromatic N) is 1. The second-order valence-corrected chi connectivity index (χ2v) is 6.41. The van der Waals surface area contributed by atoms with Crippen LogP contribution in [0.5, 0.6) is 5.75 Å². The van der Waals surface area contributed by atoms with Crippen LogP contribution >= 0.6 is 0 Å². The molecule has 2 aromatic carbocycles. The van der Waals surface area contributed by atoms with E-state index < -0.39 is 0 Å². The lowest BCUT2D eigenvalue weighted by molar-refractivity contribution is -0.123. The van der Waals surface area contributed by atoms with E-state index in [2.05, 4.69) is 5.32 Å². The summed E-state index contributed by atoms with van der Waals surface area (Å²) in [5, 5.41) is 2.88. The summed E-state index contributed by atoms with van der Waals surface area (Å²) in [6.45, 7) is 4.43. The Morgan fingerprint density at radius 1 is 1.08 bits per heavy atom. The third-order valence-corrected chi connectivity index (χ3v) is 4.23. The van der Waals surface area contributed by atoms with Crippen LogP contribution in [0.1, 0.15) is 17.5 Å². The van der Waals surface area contributed by atoms with Gasteiger partial charge in [-0.15, -0.1) is 0 Å². The first kappa shape index (κ1) is 17.0. The molecule has 130 valence electrons. The van der Waals surface area contributed by atoms with Crippen LogP contribution in [0.2, 0.25) is 0 Å². The molecule has 5 heteroatoms. The minimum Gasteiger partial charge on any atom is -0.484 e. The Morgan fingerprint density at radius 3 is 2.32 bits per heavy atom. The van der Waals surface area contributed by atoms with Crippen LogP contribution in [0.25, 0.3) is 0 Å². The van der Waals surface area contributed by atoms with E-state index in [0.29, 0.717) is 18.7 Å². The smallest absolute Gasteiger partial charge is 0.258 e. The molecular formula is C20H22N2O3. The summed E-state index contributed by atoms with van der Waals surface area (Å²) in [4.78, 5) is 26.0. The van der Waals surface area contributed by atoms with E-state index in [1.54, 1.807) is 4.90 Å². The molecule has 1 fully saturated rings. The van der Waals surface area contributed by atoms with Crippen molar-refractivity contribution in [1.82, 2.24) is 5.32 Å². The Balaban J connectivity index is 1.51. The van der Waals surface area contributed by atoms with Crippen molar-refractivity contribution >= 4 is 17.5 Å². The Bertz CT molecular complexity index is 754. The summed E-state index contributed by atoms with van der Waals surface area (Å²) < 4.78 is 5.47. The van der Waals surface area contributed by atoms with Gasteiger partial charge in [-0.1, -0.05) is 35.4 Å². The van der Waals surface area contributed by atoms with Crippen molar-refractivity contribution in [2.75, 3.05) is 18.1 Å². The molecule has 1 aliphatic heterocycles. The van der Waals surface area contributed by atoms with E-state index in [-0.39, 0.29) is 24.5 Å². The fraction of sp³-hybridized carbons (Fsp3) is 0.300. The van der Waals surface area contributed by atoms with Gasteiger partial charge >= 0.3 is 0 Å². The van der Waals surface area contributed by atoms with E-state index in [0.717, 1.165) is 16.8 Å². The highest BCUT2D eigenvalue weighted by Gasteiger charge is 2.31. The van der Waals surface area contributed by atoms with E-state index in [1.807, 2.05) is 62.4 Å². The average molecular weight is 338 g/mol. The summed E-state index contributed by atoms with van der Waals surface area (Å²) >= 11 is 0. The molecule has 1 atom stereocenters. The van der Waals surface area contributed by atoms with Crippen molar-refractivity contribution in [2.45, 2.75) is 26.3 Å². The monoisotopic (exact) mass is 338 g/mol. The first-order valence-electron chi connectivity index (χ1n) is 8.37. The largest absolute Gasteiger partial charge is 0.484 e. The highest BCUT2D eigenvalue weighted by molar-refractivity contribution is 5.96. The molecule has 0 bridgehead atoms. The SMILES string of the molecule is Cc1ccc(OCC(=O)NC2CC(=O)N(c3ccc(C)cc3)C2)cc1. The molecule has 0 spiro atoms. The summed E-state index contributed by atoms with van der Waals surface area (Å²) in [6.07, 6.45) is 0.310. The number of rotatable bonds is 5. The van der Waals surface area contributed by atoms with Crippen LogP contribution in [-0.4, -0.2) is 31.0 Å². The molecule has 1 aliphatic rings. The van der Waals surface area contributed by atoms with Crippen molar-refractivity contribution in [3.8, 4) is 5.75 Å². The lowest BCUT2D eigenvalue weighted by atomic mass is 10.2. The van der Waals surface area contributed by atoms with Crippen LogP contribution in [0, 0.1) is 13.8 Å². The second-order valence-electron chi connectivity index (χ2n) is 6.41. The van der Waals surface area contributed by atoms with Gasteiger partial charge in [0.05, 0.1) is 6.04 Å². The normalized spacial score (nSPS) is 16.8. The van der Waals surface area contributed by atoms with Gasteiger partial charge in [-0.25, -0.2) is 0 Å². The zero-order chi connectivity index (χ0) is 17.8. The van der Waals surface area contributed by atoms with Crippen LogP contribution in [0.3, 0.4) is 0 Å². The van der Waals surface area contributed by atoms with Gasteiger partial charge in [0.1, 0.15) is 5.75 Å². The molecule has 1 N–H and O–H groups in total. The first-order valence-corrected chi connectivity index (χ1v) is 8.37. The van der Waals surface area contributed by atoms with Gasteiger partial charge < -0.3 is 15.0 Å². The zero-order valence-corrected chi connectivity index (χ0v) is 14.5. The molecule has 2 amide bonds. The summed E-state index contributed by atoms with van der Waals surface area (Å²) in [5.41, 5.74) is 3.15. The molecule has 2 aromatic rings. The van der Waals surface area contributed by atoms with Gasteiger partial charge in [0.2, 0.25) is 5.91 Å². The minimum atomic E-state index is -0.218. The number of amides is 2. The van der Waals surface area contributed by atoms with E-state index in [4.69, 9.17) is 4.74 Å². The van der Waals surface area contributed by atoms with E-state index in [9.17, 15) is 9.59 Å².